The van der Waals surface area contributed by atoms with Gasteiger partial charge < -0.3 is 10.1 Å². The maximum Gasteiger partial charge on any atom is 0.262 e. The van der Waals surface area contributed by atoms with E-state index in [0.29, 0.717) is 15.8 Å². The van der Waals surface area contributed by atoms with Crippen LogP contribution in [0.1, 0.15) is 11.1 Å². The maximum atomic E-state index is 11.9. The molecule has 2 aromatic carbocycles. The molecule has 0 aliphatic carbocycles. The van der Waals surface area contributed by atoms with Crippen LogP contribution in [0.5, 0.6) is 5.75 Å². The number of ether oxygens (including phenoxy) is 1. The van der Waals surface area contributed by atoms with Crippen LogP contribution in [-0.4, -0.2) is 12.5 Å². The van der Waals surface area contributed by atoms with Crippen molar-refractivity contribution in [2.45, 2.75) is 13.8 Å². The molecule has 0 aliphatic rings. The van der Waals surface area contributed by atoms with Crippen molar-refractivity contribution < 1.29 is 9.53 Å². The normalized spacial score (nSPS) is 10.3. The first-order valence-corrected chi connectivity index (χ1v) is 7.17. The number of carbonyl (C=O) groups excluding carboxylic acids is 1. The maximum absolute atomic E-state index is 11.9. The van der Waals surface area contributed by atoms with E-state index in [1.165, 1.54) is 5.56 Å². The van der Waals surface area contributed by atoms with Gasteiger partial charge in [0.15, 0.2) is 12.4 Å². The SMILES string of the molecule is Cc1ccc(NC(=O)COc2c(Cl)cccc2Cl)cc1C. The summed E-state index contributed by atoms with van der Waals surface area (Å²) in [6.45, 7) is 3.85. The Morgan fingerprint density at radius 1 is 1.10 bits per heavy atom. The van der Waals surface area contributed by atoms with Crippen LogP contribution >= 0.6 is 23.2 Å². The van der Waals surface area contributed by atoms with Crippen LogP contribution in [0.3, 0.4) is 0 Å². The van der Waals surface area contributed by atoms with Crippen molar-refractivity contribution in [1.29, 1.82) is 0 Å². The number of para-hydroxylation sites is 1. The molecular formula is C16H15Cl2NO2. The van der Waals surface area contributed by atoms with E-state index in [1.54, 1.807) is 18.2 Å². The minimum Gasteiger partial charge on any atom is -0.481 e. The molecule has 0 atom stereocenters. The summed E-state index contributed by atoms with van der Waals surface area (Å²) in [4.78, 5) is 11.9. The zero-order valence-corrected chi connectivity index (χ0v) is 13.3. The zero-order chi connectivity index (χ0) is 15.4. The Morgan fingerprint density at radius 3 is 2.38 bits per heavy atom. The van der Waals surface area contributed by atoms with Crippen LogP contribution in [0.25, 0.3) is 0 Å². The monoisotopic (exact) mass is 323 g/mol. The molecule has 0 heterocycles. The van der Waals surface area contributed by atoms with Crippen molar-refractivity contribution >= 4 is 34.8 Å². The molecule has 0 spiro atoms. The van der Waals surface area contributed by atoms with Gasteiger partial charge >= 0.3 is 0 Å². The average Bonchev–Trinajstić information content (AvgIpc) is 2.42. The second-order valence-electron chi connectivity index (χ2n) is 4.69. The van der Waals surface area contributed by atoms with Gasteiger partial charge in [0.25, 0.3) is 5.91 Å². The lowest BCUT2D eigenvalue weighted by Gasteiger charge is -2.11. The number of hydrogen-bond acceptors (Lipinski definition) is 2. The lowest BCUT2D eigenvalue weighted by Crippen LogP contribution is -2.20. The highest BCUT2D eigenvalue weighted by molar-refractivity contribution is 6.37. The fourth-order valence-corrected chi connectivity index (χ4v) is 2.28. The number of nitrogens with one attached hydrogen (secondary N) is 1. The third-order valence-corrected chi connectivity index (χ3v) is 3.65. The summed E-state index contributed by atoms with van der Waals surface area (Å²) in [6.07, 6.45) is 0. The van der Waals surface area contributed by atoms with Gasteiger partial charge in [0, 0.05) is 5.69 Å². The first kappa shape index (κ1) is 15.7. The molecule has 1 N–H and O–H groups in total. The van der Waals surface area contributed by atoms with E-state index in [2.05, 4.69) is 5.32 Å². The van der Waals surface area contributed by atoms with Gasteiger partial charge in [0.05, 0.1) is 10.0 Å². The molecule has 21 heavy (non-hydrogen) atoms. The topological polar surface area (TPSA) is 38.3 Å². The van der Waals surface area contributed by atoms with Crippen molar-refractivity contribution in [3.8, 4) is 5.75 Å². The molecule has 2 aromatic rings. The van der Waals surface area contributed by atoms with Crippen LogP contribution in [-0.2, 0) is 4.79 Å². The molecule has 0 radical (unpaired) electrons. The molecular weight excluding hydrogens is 309 g/mol. The summed E-state index contributed by atoms with van der Waals surface area (Å²) in [5.74, 6) is 0.0466. The van der Waals surface area contributed by atoms with E-state index in [-0.39, 0.29) is 12.5 Å². The molecule has 3 nitrogen and oxygen atoms in total. The summed E-state index contributed by atoms with van der Waals surface area (Å²) in [7, 11) is 0. The average molecular weight is 324 g/mol. The fraction of sp³-hybridized carbons (Fsp3) is 0.188. The van der Waals surface area contributed by atoms with Gasteiger partial charge in [-0.1, -0.05) is 35.3 Å². The van der Waals surface area contributed by atoms with Gasteiger partial charge in [-0.2, -0.15) is 0 Å². The second kappa shape index (κ2) is 6.83. The van der Waals surface area contributed by atoms with E-state index < -0.39 is 0 Å². The fourth-order valence-electron chi connectivity index (χ4n) is 1.77. The van der Waals surface area contributed by atoms with E-state index in [1.807, 2.05) is 32.0 Å². The minimum absolute atomic E-state index is 0.156. The van der Waals surface area contributed by atoms with Crippen LogP contribution in [0.4, 0.5) is 5.69 Å². The Kier molecular flexibility index (Phi) is 5.10. The molecule has 0 fully saturated rings. The van der Waals surface area contributed by atoms with Crippen LogP contribution in [0, 0.1) is 13.8 Å². The molecule has 5 heteroatoms. The van der Waals surface area contributed by atoms with Crippen molar-refractivity contribution in [1.82, 2.24) is 0 Å². The van der Waals surface area contributed by atoms with Crippen molar-refractivity contribution in [3.63, 3.8) is 0 Å². The van der Waals surface area contributed by atoms with Crippen LogP contribution in [0.15, 0.2) is 36.4 Å². The van der Waals surface area contributed by atoms with Crippen LogP contribution in [0.2, 0.25) is 10.0 Å². The van der Waals surface area contributed by atoms with Gasteiger partial charge in [-0.05, 0) is 49.2 Å². The van der Waals surface area contributed by atoms with Gasteiger partial charge in [-0.3, -0.25) is 4.79 Å². The standard InChI is InChI=1S/C16H15Cl2NO2/c1-10-6-7-12(8-11(10)2)19-15(20)9-21-16-13(17)4-3-5-14(16)18/h3-8H,9H2,1-2H3,(H,19,20). The van der Waals surface area contributed by atoms with Gasteiger partial charge in [0.1, 0.15) is 0 Å². The molecule has 2 rings (SSSR count). The number of aryl methyl sites for hydroxylation is 2. The second-order valence-corrected chi connectivity index (χ2v) is 5.50. The molecule has 0 aromatic heterocycles. The predicted molar refractivity (Wildman–Crippen MR) is 86.5 cm³/mol. The predicted octanol–water partition coefficient (Wildman–Crippen LogP) is 4.63. The number of hydrogen-bond donors (Lipinski definition) is 1. The van der Waals surface area contributed by atoms with Gasteiger partial charge in [0.2, 0.25) is 0 Å². The Morgan fingerprint density at radius 2 is 1.76 bits per heavy atom. The molecule has 0 saturated heterocycles. The minimum atomic E-state index is -0.269. The van der Waals surface area contributed by atoms with Crippen molar-refractivity contribution in [2.24, 2.45) is 0 Å². The van der Waals surface area contributed by atoms with E-state index in [4.69, 9.17) is 27.9 Å². The Labute approximate surface area is 133 Å². The molecule has 0 aliphatic heterocycles. The third-order valence-electron chi connectivity index (χ3n) is 3.06. The zero-order valence-electron chi connectivity index (χ0n) is 11.7. The highest BCUT2D eigenvalue weighted by atomic mass is 35.5. The Bertz CT molecular complexity index is 651. The first-order valence-electron chi connectivity index (χ1n) is 6.41. The number of benzene rings is 2. The van der Waals surface area contributed by atoms with Gasteiger partial charge in [-0.15, -0.1) is 0 Å². The lowest BCUT2D eigenvalue weighted by molar-refractivity contribution is -0.118. The van der Waals surface area contributed by atoms with E-state index in [9.17, 15) is 4.79 Å². The van der Waals surface area contributed by atoms with Crippen molar-refractivity contribution in [2.75, 3.05) is 11.9 Å². The number of carbonyl (C=O) groups is 1. The Hall–Kier alpha value is -1.71. The molecule has 0 bridgehead atoms. The summed E-state index contributed by atoms with van der Waals surface area (Å²) in [5, 5.41) is 3.52. The molecule has 110 valence electrons. The summed E-state index contributed by atoms with van der Waals surface area (Å²) < 4.78 is 5.38. The highest BCUT2D eigenvalue weighted by Gasteiger charge is 2.10. The quantitative estimate of drug-likeness (QED) is 0.890. The number of rotatable bonds is 4. The first-order chi connectivity index (χ1) is 9.97. The Balaban J connectivity index is 1.97. The van der Waals surface area contributed by atoms with E-state index in [0.717, 1.165) is 11.3 Å². The number of anilines is 1. The smallest absolute Gasteiger partial charge is 0.262 e. The highest BCUT2D eigenvalue weighted by Crippen LogP contribution is 2.32. The van der Waals surface area contributed by atoms with Crippen molar-refractivity contribution in [3.05, 3.63) is 57.6 Å². The van der Waals surface area contributed by atoms with Crippen LogP contribution < -0.4 is 10.1 Å². The molecule has 1 amide bonds. The number of halogens is 2. The van der Waals surface area contributed by atoms with Gasteiger partial charge in [-0.25, -0.2) is 0 Å². The summed E-state index contributed by atoms with van der Waals surface area (Å²) in [6, 6.07) is 10.7. The number of amides is 1. The lowest BCUT2D eigenvalue weighted by atomic mass is 10.1. The third kappa shape index (κ3) is 4.13. The largest absolute Gasteiger partial charge is 0.481 e. The molecule has 0 saturated carbocycles. The molecule has 0 unspecified atom stereocenters. The summed E-state index contributed by atoms with van der Waals surface area (Å²) >= 11 is 11.9. The van der Waals surface area contributed by atoms with E-state index >= 15 is 0 Å². The summed E-state index contributed by atoms with van der Waals surface area (Å²) in [5.41, 5.74) is 3.02.